The highest BCUT2D eigenvalue weighted by Crippen LogP contribution is 2.51. The van der Waals surface area contributed by atoms with Gasteiger partial charge in [-0.15, -0.1) is 0 Å². The van der Waals surface area contributed by atoms with Crippen LogP contribution in [0.3, 0.4) is 0 Å². The summed E-state index contributed by atoms with van der Waals surface area (Å²) in [5.74, 6) is 1.45. The maximum atomic E-state index is 5.23. The highest BCUT2D eigenvalue weighted by atomic mass is 16.5. The summed E-state index contributed by atoms with van der Waals surface area (Å²) in [5, 5.41) is 3.57. The van der Waals surface area contributed by atoms with E-state index >= 15 is 0 Å². The first-order valence-corrected chi connectivity index (χ1v) is 5.80. The van der Waals surface area contributed by atoms with Crippen molar-refractivity contribution >= 4 is 0 Å². The summed E-state index contributed by atoms with van der Waals surface area (Å²) in [6.45, 7) is 10.0. The van der Waals surface area contributed by atoms with Crippen molar-refractivity contribution in [1.29, 1.82) is 0 Å². The molecule has 1 aliphatic carbocycles. The fraction of sp³-hybridized carbons (Fsp3) is 1.00. The second-order valence-corrected chi connectivity index (χ2v) is 5.24. The van der Waals surface area contributed by atoms with Crippen molar-refractivity contribution in [3.8, 4) is 0 Å². The topological polar surface area (TPSA) is 21.3 Å². The van der Waals surface area contributed by atoms with E-state index in [9.17, 15) is 0 Å². The van der Waals surface area contributed by atoms with Crippen LogP contribution in [0.1, 0.15) is 33.6 Å². The zero-order valence-electron chi connectivity index (χ0n) is 10.1. The Bertz CT molecular complexity index is 164. The Hall–Kier alpha value is -0.0800. The minimum absolute atomic E-state index is 0.560. The summed E-state index contributed by atoms with van der Waals surface area (Å²) in [4.78, 5) is 0. The van der Waals surface area contributed by atoms with E-state index in [1.54, 1.807) is 7.11 Å². The van der Waals surface area contributed by atoms with Crippen molar-refractivity contribution < 1.29 is 4.74 Å². The van der Waals surface area contributed by atoms with Crippen molar-refractivity contribution in [2.24, 2.45) is 17.3 Å². The van der Waals surface area contributed by atoms with Gasteiger partial charge in [0.25, 0.3) is 0 Å². The van der Waals surface area contributed by atoms with Gasteiger partial charge in [-0.25, -0.2) is 0 Å². The van der Waals surface area contributed by atoms with Crippen LogP contribution in [0.5, 0.6) is 0 Å². The molecule has 0 aliphatic heterocycles. The van der Waals surface area contributed by atoms with Gasteiger partial charge in [-0.3, -0.25) is 0 Å². The van der Waals surface area contributed by atoms with E-state index in [0.29, 0.717) is 11.3 Å². The molecule has 0 amide bonds. The van der Waals surface area contributed by atoms with Crippen LogP contribution in [-0.4, -0.2) is 26.8 Å². The van der Waals surface area contributed by atoms with Crippen molar-refractivity contribution in [3.63, 3.8) is 0 Å². The van der Waals surface area contributed by atoms with Crippen LogP contribution in [0.4, 0.5) is 0 Å². The number of rotatable bonds is 7. The minimum atomic E-state index is 0.560. The van der Waals surface area contributed by atoms with E-state index in [1.807, 2.05) is 0 Å². The molecular formula is C12H25NO. The lowest BCUT2D eigenvalue weighted by Gasteiger charge is -2.23. The molecule has 1 atom stereocenters. The predicted molar refractivity (Wildman–Crippen MR) is 60.4 cm³/mol. The quantitative estimate of drug-likeness (QED) is 0.679. The molecular weight excluding hydrogens is 174 g/mol. The van der Waals surface area contributed by atoms with Crippen LogP contribution in [0.15, 0.2) is 0 Å². The Kier molecular flexibility index (Phi) is 4.39. The third-order valence-corrected chi connectivity index (χ3v) is 3.38. The summed E-state index contributed by atoms with van der Waals surface area (Å²) >= 11 is 0. The zero-order valence-corrected chi connectivity index (χ0v) is 10.1. The van der Waals surface area contributed by atoms with Gasteiger partial charge in [0, 0.05) is 20.3 Å². The molecule has 1 unspecified atom stereocenters. The molecule has 2 nitrogen and oxygen atoms in total. The average molecular weight is 199 g/mol. The van der Waals surface area contributed by atoms with Gasteiger partial charge in [-0.2, -0.15) is 0 Å². The van der Waals surface area contributed by atoms with E-state index < -0.39 is 0 Å². The molecule has 0 aromatic carbocycles. The number of nitrogens with one attached hydrogen (secondary N) is 1. The average Bonchev–Trinajstić information content (AvgIpc) is 2.85. The molecule has 0 saturated heterocycles. The van der Waals surface area contributed by atoms with E-state index in [-0.39, 0.29) is 0 Å². The van der Waals surface area contributed by atoms with Gasteiger partial charge in [0.05, 0.1) is 0 Å². The first kappa shape index (κ1) is 12.0. The van der Waals surface area contributed by atoms with Gasteiger partial charge in [0.1, 0.15) is 0 Å². The van der Waals surface area contributed by atoms with Gasteiger partial charge in [0.15, 0.2) is 0 Å². The fourth-order valence-electron chi connectivity index (χ4n) is 2.04. The third-order valence-electron chi connectivity index (χ3n) is 3.38. The maximum Gasteiger partial charge on any atom is 0.0493 e. The molecule has 0 bridgehead atoms. The summed E-state index contributed by atoms with van der Waals surface area (Å²) < 4.78 is 5.23. The van der Waals surface area contributed by atoms with Gasteiger partial charge in [-0.05, 0) is 36.6 Å². The smallest absolute Gasteiger partial charge is 0.0493 e. The molecule has 0 aromatic rings. The highest BCUT2D eigenvalue weighted by molar-refractivity contribution is 4.98. The number of methoxy groups -OCH3 is 1. The monoisotopic (exact) mass is 199 g/mol. The summed E-state index contributed by atoms with van der Waals surface area (Å²) in [7, 11) is 1.80. The maximum absolute atomic E-state index is 5.23. The van der Waals surface area contributed by atoms with Crippen LogP contribution in [0.25, 0.3) is 0 Å². The number of hydrogen-bond acceptors (Lipinski definition) is 2. The molecule has 1 saturated carbocycles. The van der Waals surface area contributed by atoms with Crippen molar-refractivity contribution in [2.45, 2.75) is 33.6 Å². The van der Waals surface area contributed by atoms with Crippen molar-refractivity contribution in [1.82, 2.24) is 5.32 Å². The SMILES string of the molecule is COCC(C)C1(CNCC(C)C)CC1. The minimum Gasteiger partial charge on any atom is -0.384 e. The molecule has 84 valence electrons. The lowest BCUT2D eigenvalue weighted by molar-refractivity contribution is 0.119. The first-order chi connectivity index (χ1) is 6.60. The molecule has 1 rings (SSSR count). The van der Waals surface area contributed by atoms with Gasteiger partial charge in [0.2, 0.25) is 0 Å². The van der Waals surface area contributed by atoms with E-state index in [2.05, 4.69) is 26.1 Å². The largest absolute Gasteiger partial charge is 0.384 e. The van der Waals surface area contributed by atoms with Crippen LogP contribution in [0, 0.1) is 17.3 Å². The molecule has 1 aliphatic rings. The normalized spacial score (nSPS) is 21.2. The Morgan fingerprint density at radius 1 is 1.29 bits per heavy atom. The fourth-order valence-corrected chi connectivity index (χ4v) is 2.04. The lowest BCUT2D eigenvalue weighted by atomic mass is 9.91. The zero-order chi connectivity index (χ0) is 10.6. The molecule has 1 N–H and O–H groups in total. The summed E-state index contributed by atoms with van der Waals surface area (Å²) in [5.41, 5.74) is 0.560. The molecule has 2 heteroatoms. The third kappa shape index (κ3) is 3.25. The second kappa shape index (κ2) is 5.13. The Morgan fingerprint density at radius 3 is 2.36 bits per heavy atom. The van der Waals surface area contributed by atoms with Gasteiger partial charge < -0.3 is 10.1 Å². The number of hydrogen-bond donors (Lipinski definition) is 1. The van der Waals surface area contributed by atoms with E-state index in [1.165, 1.54) is 19.4 Å². The molecule has 0 heterocycles. The summed E-state index contributed by atoms with van der Waals surface area (Å²) in [6.07, 6.45) is 2.76. The molecule has 0 spiro atoms. The lowest BCUT2D eigenvalue weighted by Crippen LogP contribution is -2.32. The molecule has 1 fully saturated rings. The van der Waals surface area contributed by atoms with Crippen LogP contribution in [-0.2, 0) is 4.74 Å². The summed E-state index contributed by atoms with van der Waals surface area (Å²) in [6, 6.07) is 0. The van der Waals surface area contributed by atoms with Crippen molar-refractivity contribution in [3.05, 3.63) is 0 Å². The standard InChI is InChI=1S/C12H25NO/c1-10(2)7-13-9-12(5-6-12)11(3)8-14-4/h10-11,13H,5-9H2,1-4H3. The first-order valence-electron chi connectivity index (χ1n) is 5.80. The van der Waals surface area contributed by atoms with Crippen LogP contribution < -0.4 is 5.32 Å². The molecule has 0 radical (unpaired) electrons. The van der Waals surface area contributed by atoms with Crippen LogP contribution in [0.2, 0.25) is 0 Å². The van der Waals surface area contributed by atoms with Crippen LogP contribution >= 0.6 is 0 Å². The van der Waals surface area contributed by atoms with Gasteiger partial charge >= 0.3 is 0 Å². The van der Waals surface area contributed by atoms with E-state index in [4.69, 9.17) is 4.74 Å². The van der Waals surface area contributed by atoms with Gasteiger partial charge in [-0.1, -0.05) is 20.8 Å². The van der Waals surface area contributed by atoms with Crippen molar-refractivity contribution in [2.75, 3.05) is 26.8 Å². The second-order valence-electron chi connectivity index (χ2n) is 5.24. The van der Waals surface area contributed by atoms with E-state index in [0.717, 1.165) is 19.1 Å². The predicted octanol–water partition coefficient (Wildman–Crippen LogP) is 2.29. The Labute approximate surface area is 88.4 Å². The number of ether oxygens (including phenoxy) is 1. The Morgan fingerprint density at radius 2 is 1.93 bits per heavy atom. The molecule has 14 heavy (non-hydrogen) atoms. The highest BCUT2D eigenvalue weighted by Gasteiger charge is 2.46. The Balaban J connectivity index is 2.21. The molecule has 0 aromatic heterocycles.